The average Bonchev–Trinajstić information content (AvgIpc) is 2.36. The molecule has 1 rings (SSSR count). The Bertz CT molecular complexity index is 273. The first kappa shape index (κ1) is 14.3. The SMILES string of the molecule is C=C/C(=C(/C)CC)N(CC)C1CCN(C)CC1. The van der Waals surface area contributed by atoms with Gasteiger partial charge in [0.2, 0.25) is 0 Å². The van der Waals surface area contributed by atoms with Crippen LogP contribution < -0.4 is 0 Å². The van der Waals surface area contributed by atoms with Crippen molar-refractivity contribution >= 4 is 0 Å². The standard InChI is InChI=1S/C15H28N2/c1-6-13(4)15(7-2)17(8-3)14-9-11-16(5)12-10-14/h7,14H,2,6,8-12H2,1,3-5H3/b15-13+. The molecule has 1 heterocycles. The summed E-state index contributed by atoms with van der Waals surface area (Å²) in [6.07, 6.45) is 5.71. The normalized spacial score (nSPS) is 20.0. The number of allylic oxidation sites excluding steroid dienone is 2. The van der Waals surface area contributed by atoms with Crippen molar-refractivity contribution in [1.29, 1.82) is 0 Å². The number of hydrogen-bond donors (Lipinski definition) is 0. The van der Waals surface area contributed by atoms with Gasteiger partial charge in [0.15, 0.2) is 0 Å². The van der Waals surface area contributed by atoms with Crippen molar-refractivity contribution in [1.82, 2.24) is 9.80 Å². The summed E-state index contributed by atoms with van der Waals surface area (Å²) in [7, 11) is 2.22. The van der Waals surface area contributed by atoms with E-state index in [4.69, 9.17) is 0 Å². The van der Waals surface area contributed by atoms with Gasteiger partial charge in [-0.25, -0.2) is 0 Å². The van der Waals surface area contributed by atoms with Crippen LogP contribution in [0.2, 0.25) is 0 Å². The molecule has 0 aromatic heterocycles. The van der Waals surface area contributed by atoms with Gasteiger partial charge in [-0.05, 0) is 59.3 Å². The molecule has 2 heteroatoms. The molecular formula is C15H28N2. The monoisotopic (exact) mass is 236 g/mol. The van der Waals surface area contributed by atoms with E-state index in [2.05, 4.69) is 44.2 Å². The molecule has 0 N–H and O–H groups in total. The molecule has 0 aliphatic carbocycles. The van der Waals surface area contributed by atoms with Crippen LogP contribution in [0, 0.1) is 0 Å². The number of hydrogen-bond acceptors (Lipinski definition) is 2. The molecule has 0 aromatic carbocycles. The molecule has 0 amide bonds. The predicted octanol–water partition coefficient (Wildman–Crippen LogP) is 3.27. The molecule has 2 nitrogen and oxygen atoms in total. The number of rotatable bonds is 5. The van der Waals surface area contributed by atoms with E-state index in [1.54, 1.807) is 0 Å². The maximum Gasteiger partial charge on any atom is 0.0351 e. The fourth-order valence-corrected chi connectivity index (χ4v) is 2.65. The second-order valence-electron chi connectivity index (χ2n) is 5.04. The maximum atomic E-state index is 4.00. The van der Waals surface area contributed by atoms with Crippen LogP contribution in [0.3, 0.4) is 0 Å². The predicted molar refractivity (Wildman–Crippen MR) is 76.1 cm³/mol. The third kappa shape index (κ3) is 3.60. The Labute approximate surface area is 107 Å². The minimum absolute atomic E-state index is 0.700. The summed E-state index contributed by atoms with van der Waals surface area (Å²) < 4.78 is 0. The van der Waals surface area contributed by atoms with E-state index in [1.807, 2.05) is 6.08 Å². The molecule has 98 valence electrons. The van der Waals surface area contributed by atoms with Gasteiger partial charge in [0, 0.05) is 18.3 Å². The Kier molecular flexibility index (Phi) is 5.76. The van der Waals surface area contributed by atoms with E-state index >= 15 is 0 Å². The van der Waals surface area contributed by atoms with E-state index in [9.17, 15) is 0 Å². The van der Waals surface area contributed by atoms with Gasteiger partial charge in [-0.2, -0.15) is 0 Å². The fourth-order valence-electron chi connectivity index (χ4n) is 2.65. The van der Waals surface area contributed by atoms with Gasteiger partial charge < -0.3 is 9.80 Å². The zero-order chi connectivity index (χ0) is 12.8. The summed E-state index contributed by atoms with van der Waals surface area (Å²) in [6, 6.07) is 0.700. The minimum atomic E-state index is 0.700. The van der Waals surface area contributed by atoms with Crippen LogP contribution in [0.5, 0.6) is 0 Å². The van der Waals surface area contributed by atoms with Crippen LogP contribution in [0.4, 0.5) is 0 Å². The summed E-state index contributed by atoms with van der Waals surface area (Å²) in [4.78, 5) is 4.98. The highest BCUT2D eigenvalue weighted by molar-refractivity contribution is 5.22. The second kappa shape index (κ2) is 6.85. The molecule has 1 fully saturated rings. The summed E-state index contributed by atoms with van der Waals surface area (Å²) in [6.45, 7) is 14.2. The average molecular weight is 236 g/mol. The zero-order valence-electron chi connectivity index (χ0n) is 12.0. The highest BCUT2D eigenvalue weighted by Crippen LogP contribution is 2.23. The van der Waals surface area contributed by atoms with Crippen molar-refractivity contribution < 1.29 is 0 Å². The van der Waals surface area contributed by atoms with Gasteiger partial charge in [-0.3, -0.25) is 0 Å². The summed E-state index contributed by atoms with van der Waals surface area (Å²) >= 11 is 0. The smallest absolute Gasteiger partial charge is 0.0351 e. The third-order valence-corrected chi connectivity index (χ3v) is 3.94. The van der Waals surface area contributed by atoms with Gasteiger partial charge in [-0.1, -0.05) is 19.1 Å². The van der Waals surface area contributed by atoms with E-state index in [0.717, 1.165) is 13.0 Å². The Balaban J connectivity index is 2.79. The number of likely N-dealkylation sites (N-methyl/N-ethyl adjacent to an activating group) is 1. The molecule has 17 heavy (non-hydrogen) atoms. The van der Waals surface area contributed by atoms with Crippen LogP contribution in [-0.4, -0.2) is 42.5 Å². The molecule has 0 radical (unpaired) electrons. The first-order valence-electron chi connectivity index (χ1n) is 6.91. The highest BCUT2D eigenvalue weighted by atomic mass is 15.2. The Hall–Kier alpha value is -0.760. The van der Waals surface area contributed by atoms with Crippen molar-refractivity contribution in [2.45, 2.75) is 46.1 Å². The lowest BCUT2D eigenvalue weighted by atomic mass is 10.0. The van der Waals surface area contributed by atoms with Gasteiger partial charge in [0.1, 0.15) is 0 Å². The number of nitrogens with zero attached hydrogens (tertiary/aromatic N) is 2. The molecular weight excluding hydrogens is 208 g/mol. The lowest BCUT2D eigenvalue weighted by molar-refractivity contribution is 0.157. The Morgan fingerprint density at radius 1 is 1.35 bits per heavy atom. The first-order valence-corrected chi connectivity index (χ1v) is 6.91. The van der Waals surface area contributed by atoms with Gasteiger partial charge >= 0.3 is 0 Å². The van der Waals surface area contributed by atoms with E-state index in [1.165, 1.54) is 37.2 Å². The molecule has 0 atom stereocenters. The lowest BCUT2D eigenvalue weighted by Gasteiger charge is -2.39. The van der Waals surface area contributed by atoms with E-state index < -0.39 is 0 Å². The molecule has 0 saturated carbocycles. The van der Waals surface area contributed by atoms with Crippen LogP contribution >= 0.6 is 0 Å². The van der Waals surface area contributed by atoms with Crippen molar-refractivity contribution in [3.05, 3.63) is 23.9 Å². The van der Waals surface area contributed by atoms with Crippen molar-refractivity contribution in [3.63, 3.8) is 0 Å². The quantitative estimate of drug-likeness (QED) is 0.676. The van der Waals surface area contributed by atoms with Crippen molar-refractivity contribution in [2.75, 3.05) is 26.7 Å². The van der Waals surface area contributed by atoms with Gasteiger partial charge in [0.05, 0.1) is 0 Å². The molecule has 0 unspecified atom stereocenters. The molecule has 0 aromatic rings. The molecule has 0 bridgehead atoms. The van der Waals surface area contributed by atoms with Gasteiger partial charge in [-0.15, -0.1) is 0 Å². The number of piperidine rings is 1. The molecule has 1 saturated heterocycles. The topological polar surface area (TPSA) is 6.48 Å². The van der Waals surface area contributed by atoms with Crippen LogP contribution in [0.1, 0.15) is 40.0 Å². The Morgan fingerprint density at radius 2 is 1.94 bits per heavy atom. The summed E-state index contributed by atoms with van der Waals surface area (Å²) in [5.41, 5.74) is 2.82. The van der Waals surface area contributed by atoms with Crippen LogP contribution in [-0.2, 0) is 0 Å². The van der Waals surface area contributed by atoms with Gasteiger partial charge in [0.25, 0.3) is 0 Å². The van der Waals surface area contributed by atoms with Crippen molar-refractivity contribution in [3.8, 4) is 0 Å². The summed E-state index contributed by atoms with van der Waals surface area (Å²) in [5, 5.41) is 0. The van der Waals surface area contributed by atoms with Crippen LogP contribution in [0.15, 0.2) is 23.9 Å². The second-order valence-corrected chi connectivity index (χ2v) is 5.04. The molecule has 1 aliphatic heterocycles. The maximum absolute atomic E-state index is 4.00. The van der Waals surface area contributed by atoms with Crippen molar-refractivity contribution in [2.24, 2.45) is 0 Å². The molecule has 1 aliphatic rings. The van der Waals surface area contributed by atoms with Crippen LogP contribution in [0.25, 0.3) is 0 Å². The Morgan fingerprint density at radius 3 is 2.35 bits per heavy atom. The number of likely N-dealkylation sites (tertiary alicyclic amines) is 1. The van der Waals surface area contributed by atoms with E-state index in [-0.39, 0.29) is 0 Å². The lowest BCUT2D eigenvalue weighted by Crippen LogP contribution is -2.43. The highest BCUT2D eigenvalue weighted by Gasteiger charge is 2.23. The fraction of sp³-hybridized carbons (Fsp3) is 0.733. The van der Waals surface area contributed by atoms with E-state index in [0.29, 0.717) is 6.04 Å². The minimum Gasteiger partial charge on any atom is -0.369 e. The zero-order valence-corrected chi connectivity index (χ0v) is 12.0. The molecule has 0 spiro atoms. The largest absolute Gasteiger partial charge is 0.369 e. The first-order chi connectivity index (χ1) is 8.13. The summed E-state index contributed by atoms with van der Waals surface area (Å²) in [5.74, 6) is 0. The third-order valence-electron chi connectivity index (χ3n) is 3.94.